The summed E-state index contributed by atoms with van der Waals surface area (Å²) in [5.41, 5.74) is 0.448. The maximum atomic E-state index is 12.4. The van der Waals surface area contributed by atoms with Crippen LogP contribution in [0.2, 0.25) is 0 Å². The van der Waals surface area contributed by atoms with Crippen molar-refractivity contribution in [3.63, 3.8) is 0 Å². The highest BCUT2D eigenvalue weighted by molar-refractivity contribution is 7.81. The Balaban J connectivity index is 1.62. The fraction of sp³-hybridized carbons (Fsp3) is 0.333. The predicted octanol–water partition coefficient (Wildman–Crippen LogP) is 0.467. The van der Waals surface area contributed by atoms with Crippen LogP contribution in [0.3, 0.4) is 0 Å². The fourth-order valence-electron chi connectivity index (χ4n) is 2.32. The van der Waals surface area contributed by atoms with E-state index in [2.05, 4.69) is 25.0 Å². The summed E-state index contributed by atoms with van der Waals surface area (Å²) in [5, 5.41) is 13.9. The van der Waals surface area contributed by atoms with E-state index < -0.39 is 10.5 Å². The number of aromatic nitrogens is 4. The molecule has 1 aromatic carbocycles. The number of tetrazole rings is 1. The van der Waals surface area contributed by atoms with Crippen LogP contribution >= 0.6 is 0 Å². The molecule has 122 valence electrons. The number of nitrogens with zero attached hydrogens (tertiary/aromatic N) is 4. The normalized spacial score (nSPS) is 17.3. The second kappa shape index (κ2) is 5.91. The van der Waals surface area contributed by atoms with Crippen molar-refractivity contribution in [3.8, 4) is 5.75 Å². The highest BCUT2D eigenvalue weighted by Crippen LogP contribution is 2.21. The molecular weight excluding hydrogens is 329 g/mol. The monoisotopic (exact) mass is 341 g/mol. The van der Waals surface area contributed by atoms with Gasteiger partial charge in [0.05, 0.1) is 0 Å². The first kappa shape index (κ1) is 15.3. The zero-order valence-corrected chi connectivity index (χ0v) is 12.5. The van der Waals surface area contributed by atoms with Crippen LogP contribution in [0.25, 0.3) is 0 Å². The van der Waals surface area contributed by atoms with Crippen LogP contribution in [-0.4, -0.2) is 34.5 Å². The number of fused-ring (bicyclic) bond motifs is 1. The van der Waals surface area contributed by atoms with Gasteiger partial charge in [0.15, 0.2) is 5.82 Å². The molecule has 0 radical (unpaired) electrons. The van der Waals surface area contributed by atoms with Crippen molar-refractivity contribution in [1.29, 1.82) is 0 Å². The standard InChI is InChI=1S/C12H12FN5O4S/c13-23(20,21)22-10-3-1-9(2-4-10)14-12(19)8-5-6-18-11(7-8)15-16-17-18/h1-4,8H,5-7H2,(H,14,19). The van der Waals surface area contributed by atoms with Gasteiger partial charge in [0, 0.05) is 24.6 Å². The third-order valence-electron chi connectivity index (χ3n) is 3.41. The molecule has 2 heterocycles. The maximum Gasteiger partial charge on any atom is 0.488 e. The van der Waals surface area contributed by atoms with E-state index in [4.69, 9.17) is 0 Å². The Labute approximate surface area is 130 Å². The molecule has 1 N–H and O–H groups in total. The molecule has 0 saturated carbocycles. The SMILES string of the molecule is O=C(Nc1ccc(OS(=O)(=O)F)cc1)C1CCn2nnnc2C1. The van der Waals surface area contributed by atoms with Crippen molar-refractivity contribution in [2.45, 2.75) is 19.4 Å². The van der Waals surface area contributed by atoms with Crippen molar-refractivity contribution < 1.29 is 21.3 Å². The molecule has 0 bridgehead atoms. The molecule has 3 rings (SSSR count). The van der Waals surface area contributed by atoms with Gasteiger partial charge in [-0.25, -0.2) is 4.68 Å². The van der Waals surface area contributed by atoms with Crippen molar-refractivity contribution in [1.82, 2.24) is 20.2 Å². The molecule has 1 aliphatic rings. The number of benzene rings is 1. The minimum absolute atomic E-state index is 0.178. The molecule has 1 aromatic heterocycles. The van der Waals surface area contributed by atoms with Gasteiger partial charge in [0.1, 0.15) is 5.75 Å². The highest BCUT2D eigenvalue weighted by atomic mass is 32.3. The highest BCUT2D eigenvalue weighted by Gasteiger charge is 2.26. The minimum atomic E-state index is -5.06. The van der Waals surface area contributed by atoms with Gasteiger partial charge in [-0.3, -0.25) is 4.79 Å². The van der Waals surface area contributed by atoms with Gasteiger partial charge in [-0.2, -0.15) is 8.42 Å². The fourth-order valence-corrected chi connectivity index (χ4v) is 2.66. The lowest BCUT2D eigenvalue weighted by molar-refractivity contribution is -0.120. The summed E-state index contributed by atoms with van der Waals surface area (Å²) < 4.78 is 38.9. The van der Waals surface area contributed by atoms with E-state index in [1.807, 2.05) is 0 Å². The third-order valence-corrected chi connectivity index (χ3v) is 3.80. The summed E-state index contributed by atoms with van der Waals surface area (Å²) in [5.74, 6) is 0.0392. The first-order chi connectivity index (χ1) is 10.9. The molecule has 2 aromatic rings. The Morgan fingerprint density at radius 3 is 2.78 bits per heavy atom. The summed E-state index contributed by atoms with van der Waals surface area (Å²) in [7, 11) is -5.06. The molecule has 0 aliphatic carbocycles. The molecule has 0 saturated heterocycles. The summed E-state index contributed by atoms with van der Waals surface area (Å²) in [6.07, 6.45) is 1.06. The van der Waals surface area contributed by atoms with E-state index in [9.17, 15) is 17.1 Å². The Morgan fingerprint density at radius 1 is 1.35 bits per heavy atom. The van der Waals surface area contributed by atoms with Gasteiger partial charge in [0.2, 0.25) is 5.91 Å². The summed E-state index contributed by atoms with van der Waals surface area (Å²) in [4.78, 5) is 12.2. The smallest absolute Gasteiger partial charge is 0.358 e. The Kier molecular flexibility index (Phi) is 3.94. The average Bonchev–Trinajstić information content (AvgIpc) is 2.95. The van der Waals surface area contributed by atoms with Crippen molar-refractivity contribution in [2.24, 2.45) is 5.92 Å². The number of amides is 1. The third kappa shape index (κ3) is 3.80. The number of carbonyl (C=O) groups is 1. The summed E-state index contributed by atoms with van der Waals surface area (Å²) in [6, 6.07) is 5.33. The van der Waals surface area contributed by atoms with E-state index in [1.54, 1.807) is 4.68 Å². The second-order valence-electron chi connectivity index (χ2n) is 5.00. The predicted molar refractivity (Wildman–Crippen MR) is 75.4 cm³/mol. The van der Waals surface area contributed by atoms with Crippen LogP contribution in [0, 0.1) is 5.92 Å². The van der Waals surface area contributed by atoms with Gasteiger partial charge >= 0.3 is 10.5 Å². The molecule has 23 heavy (non-hydrogen) atoms. The first-order valence-corrected chi connectivity index (χ1v) is 8.01. The summed E-state index contributed by atoms with van der Waals surface area (Å²) >= 11 is 0. The topological polar surface area (TPSA) is 116 Å². The number of anilines is 1. The number of hydrogen-bond donors (Lipinski definition) is 1. The van der Waals surface area contributed by atoms with Crippen LogP contribution in [-0.2, 0) is 28.3 Å². The van der Waals surface area contributed by atoms with Crippen LogP contribution in [0.4, 0.5) is 9.57 Å². The lowest BCUT2D eigenvalue weighted by Crippen LogP contribution is -2.30. The van der Waals surface area contributed by atoms with E-state index >= 15 is 0 Å². The van der Waals surface area contributed by atoms with Crippen LogP contribution in [0.15, 0.2) is 24.3 Å². The molecule has 9 nitrogen and oxygen atoms in total. The van der Waals surface area contributed by atoms with Crippen molar-refractivity contribution >= 4 is 22.1 Å². The first-order valence-electron chi connectivity index (χ1n) is 6.71. The molecule has 1 atom stereocenters. The second-order valence-corrected chi connectivity index (χ2v) is 5.95. The van der Waals surface area contributed by atoms with Gasteiger partial charge in [-0.05, 0) is 41.1 Å². The quantitative estimate of drug-likeness (QED) is 0.803. The molecule has 1 amide bonds. The Bertz CT molecular complexity index is 820. The largest absolute Gasteiger partial charge is 0.488 e. The van der Waals surface area contributed by atoms with Crippen LogP contribution in [0.5, 0.6) is 5.75 Å². The van der Waals surface area contributed by atoms with Crippen LogP contribution < -0.4 is 9.50 Å². The van der Waals surface area contributed by atoms with Crippen molar-refractivity contribution in [2.75, 3.05) is 5.32 Å². The number of carbonyl (C=O) groups excluding carboxylic acids is 1. The molecule has 0 spiro atoms. The lowest BCUT2D eigenvalue weighted by atomic mass is 9.97. The van der Waals surface area contributed by atoms with Gasteiger partial charge in [-0.15, -0.1) is 5.10 Å². The average molecular weight is 341 g/mol. The van der Waals surface area contributed by atoms with Gasteiger partial charge in [0.25, 0.3) is 0 Å². The molecule has 1 aliphatic heterocycles. The van der Waals surface area contributed by atoms with E-state index in [0.29, 0.717) is 30.9 Å². The molecule has 11 heteroatoms. The number of halogens is 1. The summed E-state index contributed by atoms with van der Waals surface area (Å²) in [6.45, 7) is 0.571. The maximum absolute atomic E-state index is 12.4. The zero-order valence-electron chi connectivity index (χ0n) is 11.7. The molecule has 0 fully saturated rings. The zero-order chi connectivity index (χ0) is 16.4. The lowest BCUT2D eigenvalue weighted by Gasteiger charge is -2.20. The molecule has 1 unspecified atom stereocenters. The number of nitrogens with one attached hydrogen (secondary N) is 1. The number of hydrogen-bond acceptors (Lipinski definition) is 7. The van der Waals surface area contributed by atoms with Gasteiger partial charge in [-0.1, -0.05) is 3.89 Å². The van der Waals surface area contributed by atoms with E-state index in [1.165, 1.54) is 24.3 Å². The van der Waals surface area contributed by atoms with E-state index in [-0.39, 0.29) is 17.6 Å². The Morgan fingerprint density at radius 2 is 2.09 bits per heavy atom. The van der Waals surface area contributed by atoms with Gasteiger partial charge < -0.3 is 9.50 Å². The molecular formula is C12H12FN5O4S. The van der Waals surface area contributed by atoms with E-state index in [0.717, 1.165) is 0 Å². The number of rotatable bonds is 4. The number of aryl methyl sites for hydroxylation is 1. The van der Waals surface area contributed by atoms with Crippen molar-refractivity contribution in [3.05, 3.63) is 30.1 Å². The minimum Gasteiger partial charge on any atom is -0.358 e. The Hall–Kier alpha value is -2.56. The van der Waals surface area contributed by atoms with Crippen LogP contribution in [0.1, 0.15) is 12.2 Å².